The Morgan fingerprint density at radius 3 is 2.00 bits per heavy atom. The van der Waals surface area contributed by atoms with Gasteiger partial charge >= 0.3 is 0 Å². The number of aliphatic hydroxyl groups excluding tert-OH is 10. The molecule has 0 aromatic rings. The van der Waals surface area contributed by atoms with Crippen LogP contribution in [0, 0.1) is 52.3 Å². The molecule has 0 radical (unpaired) electrons. The molecule has 4 saturated carbocycles. The van der Waals surface area contributed by atoms with Crippen LogP contribution in [0.2, 0.25) is 0 Å². The Hall–Kier alpha value is -0.720. The van der Waals surface area contributed by atoms with E-state index in [2.05, 4.69) is 20.8 Å². The Kier molecular flexibility index (Phi) is 14.4. The van der Waals surface area contributed by atoms with E-state index in [1.54, 1.807) is 0 Å². The Bertz CT molecular complexity index is 1540. The monoisotopic (exact) mass is 905 g/mol. The van der Waals surface area contributed by atoms with Crippen molar-refractivity contribution < 1.29 is 89.3 Å². The number of hydrogen-bond acceptors (Lipinski definition) is 18. The minimum atomic E-state index is -1.64. The minimum Gasteiger partial charge on any atom is -0.394 e. The summed E-state index contributed by atoms with van der Waals surface area (Å²) < 4.78 is 41.7. The van der Waals surface area contributed by atoms with Crippen LogP contribution in [-0.4, -0.2) is 186 Å². The molecule has 8 rings (SSSR count). The number of rotatable bonds is 12. The van der Waals surface area contributed by atoms with Gasteiger partial charge in [-0.25, -0.2) is 0 Å². The summed E-state index contributed by atoms with van der Waals surface area (Å²) in [6.07, 6.45) is -11.9. The molecule has 0 aromatic heterocycles. The van der Waals surface area contributed by atoms with E-state index in [1.807, 2.05) is 6.92 Å². The Morgan fingerprint density at radius 2 is 1.29 bits per heavy atom. The fraction of sp³-hybridized carbons (Fsp3) is 1.00. The van der Waals surface area contributed by atoms with Crippen LogP contribution in [0.3, 0.4) is 0 Å². The highest BCUT2D eigenvalue weighted by Gasteiger charge is 2.68. The first-order valence-electron chi connectivity index (χ1n) is 23.7. The molecule has 4 heterocycles. The van der Waals surface area contributed by atoms with Gasteiger partial charge in [0.05, 0.1) is 38.1 Å². The summed E-state index contributed by atoms with van der Waals surface area (Å²) in [5, 5.41) is 116. The molecule has 63 heavy (non-hydrogen) atoms. The molecule has 4 aliphatic heterocycles. The van der Waals surface area contributed by atoms with Crippen LogP contribution in [0.4, 0.5) is 0 Å². The highest BCUT2D eigenvalue weighted by Crippen LogP contribution is 2.71. The van der Waals surface area contributed by atoms with Crippen molar-refractivity contribution in [3.05, 3.63) is 0 Å². The molecule has 1 unspecified atom stereocenters. The maximum absolute atomic E-state index is 12.0. The van der Waals surface area contributed by atoms with Crippen molar-refractivity contribution in [3.63, 3.8) is 0 Å². The van der Waals surface area contributed by atoms with Gasteiger partial charge in [0.15, 0.2) is 24.7 Å². The van der Waals surface area contributed by atoms with Crippen LogP contribution in [0.1, 0.15) is 98.8 Å². The molecule has 4 aliphatic carbocycles. The molecule has 11 N–H and O–H groups in total. The van der Waals surface area contributed by atoms with Crippen molar-refractivity contribution in [2.45, 2.75) is 209 Å². The smallest absolute Gasteiger partial charge is 0.187 e. The second-order valence-corrected chi connectivity index (χ2v) is 21.4. The molecule has 0 bridgehead atoms. The molecular weight excluding hydrogens is 828 g/mol. The molecule has 0 aromatic carbocycles. The van der Waals surface area contributed by atoms with Crippen molar-refractivity contribution in [1.29, 1.82) is 0 Å². The van der Waals surface area contributed by atoms with Gasteiger partial charge in [-0.2, -0.15) is 0 Å². The van der Waals surface area contributed by atoms with Gasteiger partial charge in [0.2, 0.25) is 0 Å². The molecule has 18 nitrogen and oxygen atoms in total. The van der Waals surface area contributed by atoms with Crippen molar-refractivity contribution in [2.24, 2.45) is 52.3 Å². The Balaban J connectivity index is 0.836. The minimum absolute atomic E-state index is 0.0255. The Morgan fingerprint density at radius 1 is 0.651 bits per heavy atom. The van der Waals surface area contributed by atoms with Gasteiger partial charge in [0.25, 0.3) is 0 Å². The van der Waals surface area contributed by atoms with Gasteiger partial charge in [-0.05, 0) is 111 Å². The topological polar surface area (TPSA) is 287 Å². The van der Waals surface area contributed by atoms with Gasteiger partial charge in [0, 0.05) is 12.3 Å². The summed E-state index contributed by atoms with van der Waals surface area (Å²) in [6.45, 7) is 9.55. The van der Waals surface area contributed by atoms with Crippen LogP contribution in [0.15, 0.2) is 0 Å². The first-order chi connectivity index (χ1) is 29.8. The summed E-state index contributed by atoms with van der Waals surface area (Å²) in [7, 11) is 0. The SMILES string of the molecule is C[C@H](CC[C@@]1(O)O[C@H]2C[C@H]3[C@@H]4CCC5C[C@@H](O[C@@H]6O[C@H](CO)[C@@H](O[C@@H]7O[C@@H](C)[C@H](O)[C@@H](O)[C@H]7O)[C@H](O)[C@H]6O)CC[C@]5(C)[C@H]4CC[C@]3(C)[C@H]2[C@@H]1C)CO[C@@H]1O[C@H](CO)[C@@H](O)[C@H](O)[C@H]1O. The van der Waals surface area contributed by atoms with E-state index in [0.29, 0.717) is 36.5 Å². The van der Waals surface area contributed by atoms with E-state index in [0.717, 1.165) is 51.4 Å². The molecule has 27 atom stereocenters. The molecule has 364 valence electrons. The average molecular weight is 905 g/mol. The van der Waals surface area contributed by atoms with Crippen LogP contribution in [-0.2, 0) is 33.2 Å². The number of ether oxygens (including phenoxy) is 7. The lowest BCUT2D eigenvalue weighted by molar-refractivity contribution is -0.361. The zero-order valence-corrected chi connectivity index (χ0v) is 37.3. The van der Waals surface area contributed by atoms with E-state index in [1.165, 1.54) is 6.92 Å². The predicted octanol–water partition coefficient (Wildman–Crippen LogP) is -0.752. The van der Waals surface area contributed by atoms with Crippen LogP contribution in [0.25, 0.3) is 0 Å². The van der Waals surface area contributed by atoms with Crippen LogP contribution < -0.4 is 0 Å². The van der Waals surface area contributed by atoms with E-state index in [4.69, 9.17) is 33.2 Å². The van der Waals surface area contributed by atoms with Crippen molar-refractivity contribution in [2.75, 3.05) is 19.8 Å². The van der Waals surface area contributed by atoms with Crippen molar-refractivity contribution >= 4 is 0 Å². The average Bonchev–Trinajstić information content (AvgIpc) is 3.70. The maximum atomic E-state index is 12.0. The van der Waals surface area contributed by atoms with Crippen molar-refractivity contribution in [3.8, 4) is 0 Å². The molecule has 0 amide bonds. The van der Waals surface area contributed by atoms with Gasteiger partial charge in [0.1, 0.15) is 67.1 Å². The second-order valence-electron chi connectivity index (χ2n) is 21.4. The van der Waals surface area contributed by atoms with Gasteiger partial charge in [-0.1, -0.05) is 27.7 Å². The third-order valence-corrected chi connectivity index (χ3v) is 17.9. The molecule has 8 aliphatic rings. The number of hydrogen-bond donors (Lipinski definition) is 11. The van der Waals surface area contributed by atoms with E-state index < -0.39 is 111 Å². The lowest BCUT2D eigenvalue weighted by Gasteiger charge is -2.61. The highest BCUT2D eigenvalue weighted by atomic mass is 16.7. The predicted molar refractivity (Wildman–Crippen MR) is 218 cm³/mol. The summed E-state index contributed by atoms with van der Waals surface area (Å²) in [6, 6.07) is 0. The third-order valence-electron chi connectivity index (χ3n) is 17.9. The summed E-state index contributed by atoms with van der Waals surface area (Å²) in [5.74, 6) is 0.753. The summed E-state index contributed by atoms with van der Waals surface area (Å²) >= 11 is 0. The maximum Gasteiger partial charge on any atom is 0.187 e. The van der Waals surface area contributed by atoms with Crippen LogP contribution in [0.5, 0.6) is 0 Å². The van der Waals surface area contributed by atoms with E-state index >= 15 is 0 Å². The summed E-state index contributed by atoms with van der Waals surface area (Å²) in [5.41, 5.74) is 0.120. The van der Waals surface area contributed by atoms with Gasteiger partial charge in [-0.15, -0.1) is 0 Å². The first-order valence-corrected chi connectivity index (χ1v) is 23.7. The van der Waals surface area contributed by atoms with Gasteiger partial charge < -0.3 is 89.3 Å². The normalized spacial score (nSPS) is 56.3. The van der Waals surface area contributed by atoms with Crippen LogP contribution >= 0.6 is 0 Å². The molecule has 4 saturated heterocycles. The zero-order valence-electron chi connectivity index (χ0n) is 37.3. The molecular formula is C45H76O18. The molecule has 8 fully saturated rings. The third kappa shape index (κ3) is 8.60. The van der Waals surface area contributed by atoms with E-state index in [9.17, 15) is 56.2 Å². The lowest BCUT2D eigenvalue weighted by atomic mass is 9.44. The molecule has 18 heteroatoms. The lowest BCUT2D eigenvalue weighted by Crippen LogP contribution is -2.64. The fourth-order valence-corrected chi connectivity index (χ4v) is 14.1. The number of fused-ring (bicyclic) bond motifs is 7. The van der Waals surface area contributed by atoms with Crippen molar-refractivity contribution in [1.82, 2.24) is 0 Å². The standard InChI is InChI=1S/C45H76O18/c1-19(18-57-40-36(53)34(51)32(49)28(16-46)60-40)8-13-45(56)20(2)30-27(63-45)15-26-24-7-6-22-14-23(9-11-43(22,4)25(24)10-12-44(26,30)5)59-42-38(55)35(52)39(29(17-47)61-42)62-41-37(54)33(50)31(48)21(3)58-41/h19-42,46-56H,6-18H2,1-5H3/t19-,20+,21+,22?,23+,24-,25+,26+,27+,28-,29-,30+,31+,32-,33-,34+,35-,36-,37-,38-,39-,40-,41+,42-,43+,44+,45-/m1/s1. The Labute approximate surface area is 369 Å². The highest BCUT2D eigenvalue weighted by molar-refractivity contribution is 5.15. The first kappa shape index (κ1) is 48.7. The largest absolute Gasteiger partial charge is 0.394 e. The number of aliphatic hydroxyl groups is 11. The van der Waals surface area contributed by atoms with Gasteiger partial charge in [-0.3, -0.25) is 0 Å². The quantitative estimate of drug-likeness (QED) is 0.107. The summed E-state index contributed by atoms with van der Waals surface area (Å²) in [4.78, 5) is 0. The second kappa shape index (κ2) is 18.6. The molecule has 0 spiro atoms. The zero-order chi connectivity index (χ0) is 45.5. The van der Waals surface area contributed by atoms with E-state index in [-0.39, 0.29) is 47.4 Å². The fourth-order valence-electron chi connectivity index (χ4n) is 14.1.